The Balaban J connectivity index is 0. The Labute approximate surface area is 92.7 Å². The van der Waals surface area contributed by atoms with Crippen LogP contribution in [0, 0.1) is 0 Å². The van der Waals surface area contributed by atoms with Crippen LogP contribution >= 0.6 is 16.1 Å². The van der Waals surface area contributed by atoms with E-state index in [0.717, 1.165) is 0 Å². The van der Waals surface area contributed by atoms with Crippen LogP contribution < -0.4 is 55.1 Å². The first-order chi connectivity index (χ1) is 2.56. The molecule has 0 atom stereocenters. The van der Waals surface area contributed by atoms with Crippen molar-refractivity contribution < 1.29 is 64.4 Å². The van der Waals surface area contributed by atoms with E-state index in [1.807, 2.05) is 0 Å². The molecular formula is HBrKNO3S. The van der Waals surface area contributed by atoms with Gasteiger partial charge in [0.05, 0.1) is 0 Å². The van der Waals surface area contributed by atoms with Crippen molar-refractivity contribution in [1.82, 2.24) is 3.75 Å². The number of hydrogen-bond acceptors (Lipinski definition) is 3. The molecule has 0 saturated carbocycles. The van der Waals surface area contributed by atoms with Crippen LogP contribution in [0.4, 0.5) is 0 Å². The summed E-state index contributed by atoms with van der Waals surface area (Å²) in [6, 6.07) is 0. The van der Waals surface area contributed by atoms with E-state index in [2.05, 4.69) is 16.1 Å². The fraction of sp³-hybridized carbons (Fsp3) is 0. The van der Waals surface area contributed by atoms with E-state index in [-0.39, 0.29) is 51.4 Å². The van der Waals surface area contributed by atoms with Crippen molar-refractivity contribution in [3.05, 3.63) is 0 Å². The Bertz CT molecular complexity index is 117. The summed E-state index contributed by atoms with van der Waals surface area (Å²) in [6.45, 7) is 0. The Hall–Kier alpha value is 1.99. The summed E-state index contributed by atoms with van der Waals surface area (Å²) in [5, 5.41) is 0. The van der Waals surface area contributed by atoms with Crippen LogP contribution in [0.5, 0.6) is 0 Å². The number of nitrogens with one attached hydrogen (secondary N) is 1. The largest absolute Gasteiger partial charge is 1.00 e. The molecule has 1 N–H and O–H groups in total. The van der Waals surface area contributed by atoms with E-state index in [9.17, 15) is 13.0 Å². The summed E-state index contributed by atoms with van der Waals surface area (Å²) >= 11 is 2.22. The summed E-state index contributed by atoms with van der Waals surface area (Å²) in [7, 11) is -4.25. The van der Waals surface area contributed by atoms with Crippen molar-refractivity contribution >= 4 is 26.5 Å². The van der Waals surface area contributed by atoms with Crippen molar-refractivity contribution in [3.8, 4) is 0 Å². The second kappa shape index (κ2) is 4.83. The molecule has 0 aliphatic carbocycles. The van der Waals surface area contributed by atoms with Gasteiger partial charge in [0, 0.05) is 16.1 Å². The van der Waals surface area contributed by atoms with Crippen LogP contribution in [-0.2, 0) is 10.3 Å². The first-order valence-corrected chi connectivity index (χ1v) is 3.09. The van der Waals surface area contributed by atoms with Gasteiger partial charge in [-0.15, -0.1) is 0 Å². The van der Waals surface area contributed by atoms with Crippen LogP contribution in [0.25, 0.3) is 0 Å². The van der Waals surface area contributed by atoms with Gasteiger partial charge in [-0.05, 0) is 0 Å². The summed E-state index contributed by atoms with van der Waals surface area (Å²) in [6.07, 6.45) is 0. The molecule has 0 spiro atoms. The molecule has 0 aromatic heterocycles. The maximum Gasteiger partial charge on any atom is 1.00 e. The Kier molecular flexibility index (Phi) is 8.10. The van der Waals surface area contributed by atoms with Crippen molar-refractivity contribution in [2.45, 2.75) is 0 Å². The van der Waals surface area contributed by atoms with Gasteiger partial charge in [0.1, 0.15) is 0 Å². The minimum Gasteiger partial charge on any atom is -0.735 e. The quantitative estimate of drug-likeness (QED) is 0.278. The van der Waals surface area contributed by atoms with Crippen molar-refractivity contribution in [2.24, 2.45) is 0 Å². The number of rotatable bonds is 1. The van der Waals surface area contributed by atoms with E-state index in [4.69, 9.17) is 0 Å². The zero-order chi connectivity index (χ0) is 5.21. The van der Waals surface area contributed by atoms with Gasteiger partial charge in [0.15, 0.2) is 10.3 Å². The molecule has 0 saturated heterocycles. The van der Waals surface area contributed by atoms with Crippen molar-refractivity contribution in [3.63, 3.8) is 0 Å². The van der Waals surface area contributed by atoms with Crippen LogP contribution in [0.2, 0.25) is 0 Å². The minimum atomic E-state index is -4.25. The maximum absolute atomic E-state index is 9.29. The van der Waals surface area contributed by atoms with E-state index in [1.54, 1.807) is 0 Å². The van der Waals surface area contributed by atoms with E-state index >= 15 is 0 Å². The molecule has 0 bridgehead atoms. The van der Waals surface area contributed by atoms with Gasteiger partial charge < -0.3 is 4.55 Å². The van der Waals surface area contributed by atoms with Gasteiger partial charge in [-0.1, -0.05) is 0 Å². The second-order valence-electron chi connectivity index (χ2n) is 0.531. The molecule has 0 radical (unpaired) electrons. The monoisotopic (exact) mass is 213 g/mol. The van der Waals surface area contributed by atoms with Crippen LogP contribution in [0.1, 0.15) is 0 Å². The number of halogens is 1. The predicted molar refractivity (Wildman–Crippen MR) is 21.8 cm³/mol. The average Bonchev–Trinajstić information content (AvgIpc) is 1.35. The fourth-order valence-corrected chi connectivity index (χ4v) is 0. The molecule has 38 valence electrons. The first-order valence-electron chi connectivity index (χ1n) is 0.893. The molecule has 0 rings (SSSR count). The zero-order valence-corrected chi connectivity index (χ0v) is 9.04. The maximum atomic E-state index is 9.29. The molecule has 0 fully saturated rings. The van der Waals surface area contributed by atoms with Gasteiger partial charge in [-0.2, -0.15) is 3.75 Å². The van der Waals surface area contributed by atoms with Gasteiger partial charge in [0.25, 0.3) is 0 Å². The van der Waals surface area contributed by atoms with E-state index in [1.165, 1.54) is 3.75 Å². The summed E-state index contributed by atoms with van der Waals surface area (Å²) in [5.41, 5.74) is 0. The van der Waals surface area contributed by atoms with Crippen molar-refractivity contribution in [2.75, 3.05) is 0 Å². The van der Waals surface area contributed by atoms with Gasteiger partial charge >= 0.3 is 51.4 Å². The van der Waals surface area contributed by atoms with Gasteiger partial charge in [-0.25, -0.2) is 8.42 Å². The standard InChI is InChI=1S/BrH2NO3S.K/c1-2-6(3,4)5;/h2H,(H,3,4,5);/q;+1/p-1. The van der Waals surface area contributed by atoms with Gasteiger partial charge in [-0.3, -0.25) is 0 Å². The SMILES string of the molecule is O=S(=O)([O-])NBr.[K+]. The van der Waals surface area contributed by atoms with Crippen LogP contribution in [-0.4, -0.2) is 13.0 Å². The smallest absolute Gasteiger partial charge is 0.735 e. The molecule has 4 nitrogen and oxygen atoms in total. The summed E-state index contributed by atoms with van der Waals surface area (Å²) < 4.78 is 29.2. The molecule has 0 aliphatic rings. The minimum absolute atomic E-state index is 0. The number of hydrogen-bond donors (Lipinski definition) is 1. The topological polar surface area (TPSA) is 69.2 Å². The molecule has 0 aromatic carbocycles. The summed E-state index contributed by atoms with van der Waals surface area (Å²) in [5.74, 6) is 0. The third-order valence-corrected chi connectivity index (χ3v) is 1.47. The molecule has 0 unspecified atom stereocenters. The van der Waals surface area contributed by atoms with Gasteiger partial charge in [0.2, 0.25) is 0 Å². The van der Waals surface area contributed by atoms with E-state index in [0.29, 0.717) is 0 Å². The average molecular weight is 214 g/mol. The molecule has 0 amide bonds. The second-order valence-corrected chi connectivity index (χ2v) is 2.57. The Morgan fingerprint density at radius 3 is 1.71 bits per heavy atom. The van der Waals surface area contributed by atoms with Crippen LogP contribution in [0.3, 0.4) is 0 Å². The molecule has 7 heteroatoms. The summed E-state index contributed by atoms with van der Waals surface area (Å²) in [4.78, 5) is 0. The molecule has 0 aliphatic heterocycles. The normalized spacial score (nSPS) is 10.0. The molecule has 0 heterocycles. The third-order valence-electron chi connectivity index (χ3n) is 0.0945. The van der Waals surface area contributed by atoms with Crippen molar-refractivity contribution in [1.29, 1.82) is 0 Å². The molecular weight excluding hydrogens is 213 g/mol. The predicted octanol–water partition coefficient (Wildman–Crippen LogP) is -3.65. The third kappa shape index (κ3) is 11.5. The Morgan fingerprint density at radius 1 is 1.57 bits per heavy atom. The van der Waals surface area contributed by atoms with Crippen LogP contribution in [0.15, 0.2) is 0 Å². The molecule has 0 aromatic rings. The fourth-order valence-electron chi connectivity index (χ4n) is 0. The van der Waals surface area contributed by atoms with E-state index < -0.39 is 10.3 Å². The molecule has 7 heavy (non-hydrogen) atoms. The zero-order valence-electron chi connectivity index (χ0n) is 3.51. The Morgan fingerprint density at radius 2 is 1.71 bits per heavy atom. The first kappa shape index (κ1) is 11.7.